The van der Waals surface area contributed by atoms with Gasteiger partial charge >= 0.3 is 0 Å². The van der Waals surface area contributed by atoms with E-state index in [1.165, 1.54) is 10.4 Å². The summed E-state index contributed by atoms with van der Waals surface area (Å²) in [6.45, 7) is 4.11. The second kappa shape index (κ2) is 6.02. The number of sulfonamides is 1. The Morgan fingerprint density at radius 1 is 1.44 bits per heavy atom. The van der Waals surface area contributed by atoms with Gasteiger partial charge in [0, 0.05) is 24.7 Å². The molecule has 1 unspecified atom stereocenters. The fourth-order valence-corrected chi connectivity index (χ4v) is 3.30. The van der Waals surface area contributed by atoms with Crippen LogP contribution in [0.1, 0.15) is 25.8 Å². The van der Waals surface area contributed by atoms with Gasteiger partial charge in [0.1, 0.15) is 0 Å². The molecule has 6 heteroatoms. The maximum Gasteiger partial charge on any atom is 0.243 e. The third-order valence-corrected chi connectivity index (χ3v) is 5.45. The van der Waals surface area contributed by atoms with Crippen molar-refractivity contribution in [2.75, 3.05) is 7.05 Å². The minimum absolute atomic E-state index is 0.0528. The van der Waals surface area contributed by atoms with Gasteiger partial charge in [-0.15, -0.1) is 0 Å². The molecule has 1 aromatic carbocycles. The van der Waals surface area contributed by atoms with E-state index in [1.807, 2.05) is 13.8 Å². The SMILES string of the molecule is CCC(C)N(C)S(=O)(=O)c1ccc(CN)c(Cl)c1. The lowest BCUT2D eigenvalue weighted by Gasteiger charge is -2.23. The van der Waals surface area contributed by atoms with Crippen LogP contribution in [-0.2, 0) is 16.6 Å². The number of rotatable bonds is 5. The molecule has 1 rings (SSSR count). The molecule has 0 aromatic heterocycles. The molecule has 0 aliphatic rings. The second-order valence-electron chi connectivity index (χ2n) is 4.24. The van der Waals surface area contributed by atoms with E-state index in [1.54, 1.807) is 19.2 Å². The highest BCUT2D eigenvalue weighted by atomic mass is 35.5. The zero-order chi connectivity index (χ0) is 13.9. The fraction of sp³-hybridized carbons (Fsp3) is 0.500. The van der Waals surface area contributed by atoms with Crippen LogP contribution in [-0.4, -0.2) is 25.8 Å². The molecule has 0 amide bonds. The molecule has 4 nitrogen and oxygen atoms in total. The molecule has 18 heavy (non-hydrogen) atoms. The number of nitrogens with zero attached hydrogens (tertiary/aromatic N) is 1. The molecular weight excluding hydrogens is 272 g/mol. The summed E-state index contributed by atoms with van der Waals surface area (Å²) in [4.78, 5) is 0.201. The smallest absolute Gasteiger partial charge is 0.243 e. The van der Waals surface area contributed by atoms with Gasteiger partial charge in [-0.1, -0.05) is 24.6 Å². The van der Waals surface area contributed by atoms with Crippen LogP contribution in [0.15, 0.2) is 23.1 Å². The highest BCUT2D eigenvalue weighted by Crippen LogP contribution is 2.23. The summed E-state index contributed by atoms with van der Waals surface area (Å²) >= 11 is 5.99. The highest BCUT2D eigenvalue weighted by Gasteiger charge is 2.24. The van der Waals surface area contributed by atoms with Crippen LogP contribution in [0.5, 0.6) is 0 Å². The predicted octanol–water partition coefficient (Wildman–Crippen LogP) is 2.22. The molecule has 1 atom stereocenters. The van der Waals surface area contributed by atoms with Crippen molar-refractivity contribution >= 4 is 21.6 Å². The summed E-state index contributed by atoms with van der Waals surface area (Å²) in [5, 5.41) is 0.385. The van der Waals surface area contributed by atoms with Crippen molar-refractivity contribution in [3.63, 3.8) is 0 Å². The lowest BCUT2D eigenvalue weighted by Crippen LogP contribution is -2.34. The lowest BCUT2D eigenvalue weighted by molar-refractivity contribution is 0.380. The van der Waals surface area contributed by atoms with E-state index in [0.29, 0.717) is 11.6 Å². The van der Waals surface area contributed by atoms with Gasteiger partial charge in [0.15, 0.2) is 0 Å². The van der Waals surface area contributed by atoms with Crippen LogP contribution in [0.3, 0.4) is 0 Å². The normalized spacial score (nSPS) is 13.9. The topological polar surface area (TPSA) is 63.4 Å². The Kier molecular flexibility index (Phi) is 5.16. The summed E-state index contributed by atoms with van der Waals surface area (Å²) < 4.78 is 26.0. The molecule has 2 N–H and O–H groups in total. The van der Waals surface area contributed by atoms with Crippen LogP contribution >= 0.6 is 11.6 Å². The van der Waals surface area contributed by atoms with Crippen molar-refractivity contribution in [2.45, 2.75) is 37.8 Å². The molecule has 102 valence electrons. The van der Waals surface area contributed by atoms with Crippen molar-refractivity contribution in [3.8, 4) is 0 Å². The van der Waals surface area contributed by atoms with Gasteiger partial charge in [0.2, 0.25) is 10.0 Å². The average molecular weight is 291 g/mol. The Morgan fingerprint density at radius 3 is 2.50 bits per heavy atom. The molecule has 0 saturated carbocycles. The third kappa shape index (κ3) is 3.03. The van der Waals surface area contributed by atoms with E-state index < -0.39 is 10.0 Å². The van der Waals surface area contributed by atoms with E-state index in [0.717, 1.165) is 12.0 Å². The first-order valence-corrected chi connectivity index (χ1v) is 7.62. The summed E-state index contributed by atoms with van der Waals surface area (Å²) in [7, 11) is -1.91. The third-order valence-electron chi connectivity index (χ3n) is 3.13. The zero-order valence-corrected chi connectivity index (χ0v) is 12.4. The Hall–Kier alpha value is -0.620. The van der Waals surface area contributed by atoms with E-state index in [2.05, 4.69) is 0 Å². The number of hydrogen-bond donors (Lipinski definition) is 1. The average Bonchev–Trinajstić information content (AvgIpc) is 2.36. The van der Waals surface area contributed by atoms with Gasteiger partial charge < -0.3 is 5.73 Å². The highest BCUT2D eigenvalue weighted by molar-refractivity contribution is 7.89. The quantitative estimate of drug-likeness (QED) is 0.904. The Morgan fingerprint density at radius 2 is 2.06 bits per heavy atom. The van der Waals surface area contributed by atoms with Crippen molar-refractivity contribution < 1.29 is 8.42 Å². The lowest BCUT2D eigenvalue weighted by atomic mass is 10.2. The Labute approximate surface area is 114 Å². The molecule has 0 spiro atoms. The summed E-state index contributed by atoms with van der Waals surface area (Å²) in [6, 6.07) is 4.60. The van der Waals surface area contributed by atoms with Gasteiger partial charge in [-0.2, -0.15) is 4.31 Å². The van der Waals surface area contributed by atoms with E-state index >= 15 is 0 Å². The standard InChI is InChI=1S/C12H19ClN2O2S/c1-4-9(2)15(3)18(16,17)11-6-5-10(8-14)12(13)7-11/h5-7,9H,4,8,14H2,1-3H3. The molecule has 0 bridgehead atoms. The first-order valence-electron chi connectivity index (χ1n) is 5.81. The van der Waals surface area contributed by atoms with Gasteiger partial charge in [-0.25, -0.2) is 8.42 Å². The van der Waals surface area contributed by atoms with Crippen LogP contribution < -0.4 is 5.73 Å². The Bertz CT molecular complexity index is 517. The summed E-state index contributed by atoms with van der Waals surface area (Å²) in [5.41, 5.74) is 6.23. The minimum atomic E-state index is -3.49. The van der Waals surface area contributed by atoms with E-state index in [4.69, 9.17) is 17.3 Å². The number of benzene rings is 1. The van der Waals surface area contributed by atoms with Crippen LogP contribution in [0.4, 0.5) is 0 Å². The van der Waals surface area contributed by atoms with Crippen molar-refractivity contribution in [3.05, 3.63) is 28.8 Å². The number of hydrogen-bond acceptors (Lipinski definition) is 3. The molecule has 0 saturated heterocycles. The molecule has 0 fully saturated rings. The molecule has 0 heterocycles. The van der Waals surface area contributed by atoms with Crippen molar-refractivity contribution in [1.29, 1.82) is 0 Å². The monoisotopic (exact) mass is 290 g/mol. The van der Waals surface area contributed by atoms with Crippen molar-refractivity contribution in [2.24, 2.45) is 5.73 Å². The van der Waals surface area contributed by atoms with Crippen molar-refractivity contribution in [1.82, 2.24) is 4.31 Å². The molecule has 0 radical (unpaired) electrons. The van der Waals surface area contributed by atoms with Gasteiger partial charge in [-0.3, -0.25) is 0 Å². The molecular formula is C12H19ClN2O2S. The van der Waals surface area contributed by atoms with Gasteiger partial charge in [0.25, 0.3) is 0 Å². The molecule has 0 aliphatic carbocycles. The summed E-state index contributed by atoms with van der Waals surface area (Å²) in [5.74, 6) is 0. The van der Waals surface area contributed by atoms with Crippen LogP contribution in [0.25, 0.3) is 0 Å². The zero-order valence-electron chi connectivity index (χ0n) is 10.9. The molecule has 0 aliphatic heterocycles. The van der Waals surface area contributed by atoms with E-state index in [-0.39, 0.29) is 10.9 Å². The van der Waals surface area contributed by atoms with Gasteiger partial charge in [0.05, 0.1) is 4.90 Å². The number of halogens is 1. The minimum Gasteiger partial charge on any atom is -0.326 e. The first kappa shape index (κ1) is 15.4. The first-order chi connectivity index (χ1) is 8.34. The second-order valence-corrected chi connectivity index (χ2v) is 6.64. The molecule has 1 aromatic rings. The maximum atomic E-state index is 12.3. The van der Waals surface area contributed by atoms with Gasteiger partial charge in [-0.05, 0) is 31.0 Å². The summed E-state index contributed by atoms with van der Waals surface area (Å²) in [6.07, 6.45) is 0.754. The number of nitrogens with two attached hydrogens (primary N) is 1. The maximum absolute atomic E-state index is 12.3. The van der Waals surface area contributed by atoms with E-state index in [9.17, 15) is 8.42 Å². The van der Waals surface area contributed by atoms with Crippen LogP contribution in [0, 0.1) is 0 Å². The fourth-order valence-electron chi connectivity index (χ4n) is 1.51. The predicted molar refractivity (Wildman–Crippen MR) is 74.0 cm³/mol. The van der Waals surface area contributed by atoms with Crippen LogP contribution in [0.2, 0.25) is 5.02 Å². The Balaban J connectivity index is 3.17. The largest absolute Gasteiger partial charge is 0.326 e.